The van der Waals surface area contributed by atoms with Gasteiger partial charge in [-0.05, 0) is 86.8 Å². The molecule has 0 bridgehead atoms. The Hall–Kier alpha value is -4.60. The van der Waals surface area contributed by atoms with Crippen molar-refractivity contribution in [2.24, 2.45) is 11.8 Å². The van der Waals surface area contributed by atoms with Crippen LogP contribution >= 0.6 is 22.7 Å². The predicted octanol–water partition coefficient (Wildman–Crippen LogP) is 9.79. The van der Waals surface area contributed by atoms with E-state index in [2.05, 4.69) is 29.1 Å². The lowest BCUT2D eigenvalue weighted by molar-refractivity contribution is 0.0636. The third-order valence-electron chi connectivity index (χ3n) is 10.3. The summed E-state index contributed by atoms with van der Waals surface area (Å²) >= 11 is 3.19. The summed E-state index contributed by atoms with van der Waals surface area (Å²) < 4.78 is 13.9. The molecule has 6 aliphatic rings. The maximum Gasteiger partial charge on any atom is 0.263 e. The normalized spacial score (nSPS) is 24.5. The van der Waals surface area contributed by atoms with Crippen LogP contribution in [-0.2, 0) is 0 Å². The number of allylic oxidation sites excluding steroid dienone is 6. The Kier molecular flexibility index (Phi) is 6.92. The monoisotopic (exact) mass is 638 g/mol. The van der Waals surface area contributed by atoms with E-state index in [1.807, 2.05) is 30.3 Å². The zero-order valence-corrected chi connectivity index (χ0v) is 26.9. The lowest BCUT2D eigenvalue weighted by atomic mass is 9.65. The first-order chi connectivity index (χ1) is 22.5. The van der Waals surface area contributed by atoms with Crippen molar-refractivity contribution in [2.45, 2.75) is 75.4 Å². The number of hydrogen-bond donors (Lipinski definition) is 0. The van der Waals surface area contributed by atoms with E-state index in [1.165, 1.54) is 35.1 Å². The molecule has 4 heterocycles. The minimum absolute atomic E-state index is 0.0762. The standard InChI is InChI=1S/C38H30N4O2S2/c1-42-26(22-41)17-28-19-34-36(46-28)30-14-25-15-31-29(13-24(25)16-32(30)38(44-34)10-6-3-7-11-38)35-33(43-37(31)8-4-2-5-9-37)18-27(45-35)12-23(20-39)21-40/h12-19,24-25H,2-11H2/b26-17+. The van der Waals surface area contributed by atoms with Crippen molar-refractivity contribution in [1.82, 2.24) is 0 Å². The molecule has 0 amide bonds. The van der Waals surface area contributed by atoms with Gasteiger partial charge in [0.05, 0.1) is 22.4 Å². The van der Waals surface area contributed by atoms with Gasteiger partial charge in [-0.1, -0.05) is 37.1 Å². The number of rotatable bonds is 2. The fourth-order valence-electron chi connectivity index (χ4n) is 8.29. The molecular weight excluding hydrogens is 609 g/mol. The van der Waals surface area contributed by atoms with E-state index in [0.717, 1.165) is 82.4 Å². The summed E-state index contributed by atoms with van der Waals surface area (Å²) in [5, 5.41) is 28.2. The van der Waals surface area contributed by atoms with E-state index in [-0.39, 0.29) is 34.3 Å². The third kappa shape index (κ3) is 4.52. The van der Waals surface area contributed by atoms with Crippen molar-refractivity contribution in [3.05, 3.63) is 89.8 Å². The molecule has 0 radical (unpaired) electrons. The summed E-state index contributed by atoms with van der Waals surface area (Å²) in [6.45, 7) is 7.36. The largest absolute Gasteiger partial charge is 0.481 e. The SMILES string of the molecule is [C-]#[N+]/C(C#N)=C/c1cc2c(s1)C1=CC3C=C4C(=CC3C=C1C1(CCCCC1)O2)c1sc(C=C(C#N)C#N)cc1OC41CCCCC1. The van der Waals surface area contributed by atoms with Crippen molar-refractivity contribution >= 4 is 46.0 Å². The smallest absolute Gasteiger partial charge is 0.263 e. The molecule has 46 heavy (non-hydrogen) atoms. The van der Waals surface area contributed by atoms with Gasteiger partial charge >= 0.3 is 0 Å². The molecule has 2 spiro atoms. The van der Waals surface area contributed by atoms with Gasteiger partial charge in [-0.15, -0.1) is 22.7 Å². The highest BCUT2D eigenvalue weighted by molar-refractivity contribution is 7.14. The van der Waals surface area contributed by atoms with Gasteiger partial charge in [0.1, 0.15) is 40.4 Å². The Bertz CT molecular complexity index is 1850. The average molecular weight is 639 g/mol. The van der Waals surface area contributed by atoms with Gasteiger partial charge in [-0.25, -0.2) is 10.1 Å². The molecule has 2 unspecified atom stereocenters. The maximum absolute atomic E-state index is 9.40. The number of thiophene rings is 2. The molecule has 6 nitrogen and oxygen atoms in total. The van der Waals surface area contributed by atoms with Gasteiger partial charge in [0.25, 0.3) is 5.70 Å². The minimum atomic E-state index is -0.375. The van der Waals surface area contributed by atoms with Crippen molar-refractivity contribution < 1.29 is 9.47 Å². The molecule has 2 aromatic heterocycles. The van der Waals surface area contributed by atoms with Crippen LogP contribution in [0.15, 0.2) is 58.9 Å². The Morgan fingerprint density at radius 3 is 1.63 bits per heavy atom. The average Bonchev–Trinajstić information content (AvgIpc) is 3.68. The Labute approximate surface area is 277 Å². The van der Waals surface area contributed by atoms with Crippen LogP contribution in [0.2, 0.25) is 0 Å². The summed E-state index contributed by atoms with van der Waals surface area (Å²) in [6.07, 6.45) is 23.9. The van der Waals surface area contributed by atoms with Crippen LogP contribution < -0.4 is 9.47 Å². The van der Waals surface area contributed by atoms with Crippen LogP contribution in [0.1, 0.15) is 83.7 Å². The van der Waals surface area contributed by atoms with Crippen molar-refractivity contribution in [2.75, 3.05) is 0 Å². The van der Waals surface area contributed by atoms with Crippen LogP contribution in [0.5, 0.6) is 11.5 Å². The quantitative estimate of drug-likeness (QED) is 0.241. The van der Waals surface area contributed by atoms with E-state index in [0.29, 0.717) is 0 Å². The molecular formula is C38H30N4O2S2. The van der Waals surface area contributed by atoms with E-state index in [1.54, 1.807) is 34.8 Å². The molecule has 2 aromatic rings. The fourth-order valence-corrected chi connectivity index (χ4v) is 10.4. The molecule has 2 atom stereocenters. The second-order valence-electron chi connectivity index (χ2n) is 13.0. The molecule has 2 aliphatic heterocycles. The topological polar surface area (TPSA) is 94.2 Å². The van der Waals surface area contributed by atoms with Gasteiger partial charge in [0, 0.05) is 32.7 Å². The summed E-state index contributed by atoms with van der Waals surface area (Å²) in [5.41, 5.74) is 4.45. The van der Waals surface area contributed by atoms with Gasteiger partial charge in [-0.3, -0.25) is 0 Å². The molecule has 226 valence electrons. The third-order valence-corrected chi connectivity index (χ3v) is 12.5. The highest BCUT2D eigenvalue weighted by atomic mass is 32.1. The van der Waals surface area contributed by atoms with Crippen LogP contribution in [0.4, 0.5) is 0 Å². The number of ether oxygens (including phenoxy) is 2. The summed E-state index contributed by atoms with van der Waals surface area (Å²) in [4.78, 5) is 7.26. The van der Waals surface area contributed by atoms with Gasteiger partial charge in [0.15, 0.2) is 0 Å². The first-order valence-electron chi connectivity index (χ1n) is 16.0. The van der Waals surface area contributed by atoms with Gasteiger partial charge in [0.2, 0.25) is 0 Å². The summed E-state index contributed by atoms with van der Waals surface area (Å²) in [7, 11) is 0. The molecule has 0 saturated heterocycles. The molecule has 0 N–H and O–H groups in total. The minimum Gasteiger partial charge on any atom is -0.481 e. The highest BCUT2D eigenvalue weighted by Gasteiger charge is 2.50. The van der Waals surface area contributed by atoms with Gasteiger partial charge < -0.3 is 9.47 Å². The zero-order chi connectivity index (χ0) is 31.5. The lowest BCUT2D eigenvalue weighted by Crippen LogP contribution is -2.45. The van der Waals surface area contributed by atoms with E-state index in [9.17, 15) is 15.8 Å². The van der Waals surface area contributed by atoms with Crippen molar-refractivity contribution in [3.8, 4) is 29.7 Å². The van der Waals surface area contributed by atoms with Gasteiger partial charge in [-0.2, -0.15) is 10.5 Å². The second-order valence-corrected chi connectivity index (χ2v) is 15.2. The maximum atomic E-state index is 9.40. The molecule has 8 rings (SSSR count). The number of fused-ring (bicyclic) bond motifs is 9. The van der Waals surface area contributed by atoms with E-state index < -0.39 is 0 Å². The summed E-state index contributed by atoms with van der Waals surface area (Å²) in [5.74, 6) is 2.05. The molecule has 2 saturated carbocycles. The number of nitriles is 3. The first-order valence-corrected chi connectivity index (χ1v) is 17.7. The van der Waals surface area contributed by atoms with Crippen molar-refractivity contribution in [3.63, 3.8) is 0 Å². The second kappa shape index (κ2) is 11.0. The van der Waals surface area contributed by atoms with Crippen LogP contribution in [-0.4, -0.2) is 11.2 Å². The van der Waals surface area contributed by atoms with E-state index in [4.69, 9.17) is 16.0 Å². The Balaban J connectivity index is 1.27. The Morgan fingerprint density at radius 1 is 0.717 bits per heavy atom. The molecule has 0 aromatic carbocycles. The zero-order valence-electron chi connectivity index (χ0n) is 25.3. The lowest BCUT2D eigenvalue weighted by Gasteiger charge is -2.48. The molecule has 8 heteroatoms. The highest BCUT2D eigenvalue weighted by Crippen LogP contribution is 2.59. The van der Waals surface area contributed by atoms with Crippen molar-refractivity contribution in [1.29, 1.82) is 15.8 Å². The number of nitrogens with zero attached hydrogens (tertiary/aromatic N) is 4. The fraction of sp³-hybridized carbons (Fsp3) is 0.368. The van der Waals surface area contributed by atoms with Crippen LogP contribution in [0.3, 0.4) is 0 Å². The predicted molar refractivity (Wildman–Crippen MR) is 180 cm³/mol. The Morgan fingerprint density at radius 2 is 1.20 bits per heavy atom. The van der Waals surface area contributed by atoms with Crippen LogP contribution in [0, 0.1) is 52.4 Å². The van der Waals surface area contributed by atoms with Crippen LogP contribution in [0.25, 0.3) is 28.1 Å². The molecule has 2 fully saturated rings. The molecule has 4 aliphatic carbocycles. The summed E-state index contributed by atoms with van der Waals surface area (Å²) in [6, 6.07) is 10.0. The first kappa shape index (κ1) is 28.8. The number of hydrogen-bond acceptors (Lipinski definition) is 7. The van der Waals surface area contributed by atoms with E-state index >= 15 is 0 Å².